The molecule has 0 aliphatic carbocycles. The van der Waals surface area contributed by atoms with Crippen molar-refractivity contribution in [2.45, 2.75) is 26.3 Å². The number of rotatable bonds is 3. The highest BCUT2D eigenvalue weighted by atomic mass is 35.5. The molecule has 1 heterocycles. The van der Waals surface area contributed by atoms with Crippen LogP contribution in [0.3, 0.4) is 0 Å². The van der Waals surface area contributed by atoms with Crippen molar-refractivity contribution in [3.05, 3.63) is 27.7 Å². The van der Waals surface area contributed by atoms with Crippen molar-refractivity contribution in [1.82, 2.24) is 5.32 Å². The zero-order chi connectivity index (χ0) is 12.4. The van der Waals surface area contributed by atoms with Gasteiger partial charge in [0, 0.05) is 24.2 Å². The second kappa shape index (κ2) is 5.47. The third-order valence-electron chi connectivity index (χ3n) is 3.25. The molecule has 1 atom stereocenters. The molecule has 2 nitrogen and oxygen atoms in total. The van der Waals surface area contributed by atoms with Crippen LogP contribution in [0.4, 0.5) is 5.69 Å². The van der Waals surface area contributed by atoms with E-state index >= 15 is 0 Å². The monoisotopic (exact) mass is 272 g/mol. The molecule has 4 heteroatoms. The molecule has 1 saturated heterocycles. The summed E-state index contributed by atoms with van der Waals surface area (Å²) in [7, 11) is 0. The van der Waals surface area contributed by atoms with E-state index in [9.17, 15) is 0 Å². The fourth-order valence-electron chi connectivity index (χ4n) is 2.31. The standard InChI is InChI=1S/C13H18Cl2N2/c1-3-16-10-4-5-17(8-10)13-7-11(14)9(2)6-12(13)15/h6-7,10,16H,3-5,8H2,1-2H3. The third kappa shape index (κ3) is 2.87. The summed E-state index contributed by atoms with van der Waals surface area (Å²) in [5, 5.41) is 5.06. The van der Waals surface area contributed by atoms with Crippen LogP contribution in [0, 0.1) is 6.92 Å². The number of hydrogen-bond donors (Lipinski definition) is 1. The van der Waals surface area contributed by atoms with Crippen LogP contribution in [-0.4, -0.2) is 25.7 Å². The van der Waals surface area contributed by atoms with Crippen molar-refractivity contribution in [2.75, 3.05) is 24.5 Å². The highest BCUT2D eigenvalue weighted by molar-refractivity contribution is 6.35. The van der Waals surface area contributed by atoms with Gasteiger partial charge in [-0.05, 0) is 37.6 Å². The molecule has 1 N–H and O–H groups in total. The summed E-state index contributed by atoms with van der Waals surface area (Å²) in [5.74, 6) is 0. The second-order valence-corrected chi connectivity index (χ2v) is 5.36. The lowest BCUT2D eigenvalue weighted by molar-refractivity contribution is 0.572. The van der Waals surface area contributed by atoms with Crippen LogP contribution in [0.5, 0.6) is 0 Å². The average Bonchev–Trinajstić information content (AvgIpc) is 2.72. The minimum absolute atomic E-state index is 0.566. The molecule has 1 unspecified atom stereocenters. The Morgan fingerprint density at radius 3 is 2.82 bits per heavy atom. The fourth-order valence-corrected chi connectivity index (χ4v) is 2.81. The van der Waals surface area contributed by atoms with Gasteiger partial charge >= 0.3 is 0 Å². The molecular weight excluding hydrogens is 255 g/mol. The highest BCUT2D eigenvalue weighted by Crippen LogP contribution is 2.33. The van der Waals surface area contributed by atoms with Gasteiger partial charge in [0.15, 0.2) is 0 Å². The van der Waals surface area contributed by atoms with E-state index in [1.54, 1.807) is 0 Å². The summed E-state index contributed by atoms with van der Waals surface area (Å²) >= 11 is 12.4. The molecule has 1 aliphatic rings. The molecule has 1 aromatic carbocycles. The van der Waals surface area contributed by atoms with Crippen LogP contribution in [0.25, 0.3) is 0 Å². The Hall–Kier alpha value is -0.440. The van der Waals surface area contributed by atoms with Crippen molar-refractivity contribution in [3.63, 3.8) is 0 Å². The Labute approximate surface area is 113 Å². The van der Waals surface area contributed by atoms with Crippen LogP contribution in [-0.2, 0) is 0 Å². The molecule has 0 amide bonds. The molecule has 1 fully saturated rings. The zero-order valence-electron chi connectivity index (χ0n) is 10.3. The van der Waals surface area contributed by atoms with Gasteiger partial charge in [-0.2, -0.15) is 0 Å². The summed E-state index contributed by atoms with van der Waals surface area (Å²) in [5.41, 5.74) is 2.09. The van der Waals surface area contributed by atoms with Gasteiger partial charge in [-0.25, -0.2) is 0 Å². The van der Waals surface area contributed by atoms with Gasteiger partial charge < -0.3 is 10.2 Å². The largest absolute Gasteiger partial charge is 0.369 e. The van der Waals surface area contributed by atoms with Gasteiger partial charge in [0.1, 0.15) is 0 Å². The molecule has 0 aromatic heterocycles. The number of nitrogens with zero attached hydrogens (tertiary/aromatic N) is 1. The third-order valence-corrected chi connectivity index (χ3v) is 3.96. The van der Waals surface area contributed by atoms with Crippen LogP contribution < -0.4 is 10.2 Å². The van der Waals surface area contributed by atoms with E-state index in [1.165, 1.54) is 0 Å². The van der Waals surface area contributed by atoms with Crippen LogP contribution >= 0.6 is 23.2 Å². The Balaban J connectivity index is 2.16. The van der Waals surface area contributed by atoms with Crippen molar-refractivity contribution < 1.29 is 0 Å². The van der Waals surface area contributed by atoms with E-state index in [1.807, 2.05) is 19.1 Å². The Bertz CT molecular complexity index is 407. The van der Waals surface area contributed by atoms with E-state index in [4.69, 9.17) is 23.2 Å². The van der Waals surface area contributed by atoms with Gasteiger partial charge in [0.05, 0.1) is 10.7 Å². The van der Waals surface area contributed by atoms with Crippen LogP contribution in [0.2, 0.25) is 10.0 Å². The first-order chi connectivity index (χ1) is 8.11. The van der Waals surface area contributed by atoms with Gasteiger partial charge in [-0.3, -0.25) is 0 Å². The summed E-state index contributed by atoms with van der Waals surface area (Å²) in [4.78, 5) is 2.31. The maximum Gasteiger partial charge on any atom is 0.0643 e. The summed E-state index contributed by atoms with van der Waals surface area (Å²) < 4.78 is 0. The van der Waals surface area contributed by atoms with E-state index in [0.29, 0.717) is 6.04 Å². The van der Waals surface area contributed by atoms with Gasteiger partial charge in [0.2, 0.25) is 0 Å². The Morgan fingerprint density at radius 1 is 1.35 bits per heavy atom. The first-order valence-corrected chi connectivity index (χ1v) is 6.81. The number of nitrogens with one attached hydrogen (secondary N) is 1. The zero-order valence-corrected chi connectivity index (χ0v) is 11.8. The second-order valence-electron chi connectivity index (χ2n) is 4.54. The summed E-state index contributed by atoms with van der Waals surface area (Å²) in [6, 6.07) is 4.49. The van der Waals surface area contributed by atoms with Gasteiger partial charge in [-0.15, -0.1) is 0 Å². The summed E-state index contributed by atoms with van der Waals surface area (Å²) in [6.07, 6.45) is 1.16. The Kier molecular flexibility index (Phi) is 4.18. The number of likely N-dealkylation sites (N-methyl/N-ethyl adjacent to an activating group) is 1. The topological polar surface area (TPSA) is 15.3 Å². The minimum atomic E-state index is 0.566. The predicted molar refractivity (Wildman–Crippen MR) is 75.5 cm³/mol. The van der Waals surface area contributed by atoms with E-state index in [2.05, 4.69) is 17.1 Å². The van der Waals surface area contributed by atoms with Crippen molar-refractivity contribution in [1.29, 1.82) is 0 Å². The molecule has 17 heavy (non-hydrogen) atoms. The molecule has 1 aliphatic heterocycles. The molecule has 0 saturated carbocycles. The molecule has 0 radical (unpaired) electrons. The molecule has 1 aromatic rings. The normalized spacial score (nSPS) is 20.0. The number of aryl methyl sites for hydroxylation is 1. The lowest BCUT2D eigenvalue weighted by atomic mass is 10.2. The van der Waals surface area contributed by atoms with Crippen molar-refractivity contribution in [2.24, 2.45) is 0 Å². The molecule has 0 bridgehead atoms. The predicted octanol–water partition coefficient (Wildman–Crippen LogP) is 3.49. The average molecular weight is 273 g/mol. The quantitative estimate of drug-likeness (QED) is 0.906. The van der Waals surface area contributed by atoms with Crippen molar-refractivity contribution in [3.8, 4) is 0 Å². The van der Waals surface area contributed by atoms with Crippen molar-refractivity contribution >= 4 is 28.9 Å². The minimum Gasteiger partial charge on any atom is -0.369 e. The number of halogens is 2. The Morgan fingerprint density at radius 2 is 2.12 bits per heavy atom. The summed E-state index contributed by atoms with van der Waals surface area (Å²) in [6.45, 7) is 7.17. The first-order valence-electron chi connectivity index (χ1n) is 6.05. The SMILES string of the molecule is CCNC1CCN(c2cc(Cl)c(C)cc2Cl)C1. The van der Waals surface area contributed by atoms with E-state index in [0.717, 1.165) is 47.4 Å². The highest BCUT2D eigenvalue weighted by Gasteiger charge is 2.23. The number of benzene rings is 1. The van der Waals surface area contributed by atoms with Gasteiger partial charge in [-0.1, -0.05) is 30.1 Å². The van der Waals surface area contributed by atoms with E-state index < -0.39 is 0 Å². The molecule has 94 valence electrons. The van der Waals surface area contributed by atoms with Crippen LogP contribution in [0.15, 0.2) is 12.1 Å². The maximum atomic E-state index is 6.29. The first kappa shape index (κ1) is 13.0. The number of hydrogen-bond acceptors (Lipinski definition) is 2. The lowest BCUT2D eigenvalue weighted by Gasteiger charge is -2.21. The van der Waals surface area contributed by atoms with Gasteiger partial charge in [0.25, 0.3) is 0 Å². The molecular formula is C13H18Cl2N2. The number of anilines is 1. The lowest BCUT2D eigenvalue weighted by Crippen LogP contribution is -2.32. The van der Waals surface area contributed by atoms with E-state index in [-0.39, 0.29) is 0 Å². The smallest absolute Gasteiger partial charge is 0.0643 e. The maximum absolute atomic E-state index is 6.29. The van der Waals surface area contributed by atoms with Crippen LogP contribution in [0.1, 0.15) is 18.9 Å². The molecule has 0 spiro atoms. The fraction of sp³-hybridized carbons (Fsp3) is 0.538. The molecule has 2 rings (SSSR count).